The quantitative estimate of drug-likeness (QED) is 0.223. The first kappa shape index (κ1) is 25.4. The Morgan fingerprint density at radius 3 is 1.91 bits per heavy atom. The fourth-order valence-electron chi connectivity index (χ4n) is 2.72. The largest absolute Gasteiger partial charge is 0.478 e. The second-order valence-corrected chi connectivity index (χ2v) is 9.19. The Morgan fingerprint density at radius 1 is 0.794 bits per heavy atom. The number of nitrogens with one attached hydrogen (secondary N) is 2. The Bertz CT molecular complexity index is 1290. The summed E-state index contributed by atoms with van der Waals surface area (Å²) in [4.78, 5) is 53.4. The lowest BCUT2D eigenvalue weighted by molar-refractivity contribution is 0.0228. The van der Waals surface area contributed by atoms with Crippen molar-refractivity contribution in [2.24, 2.45) is 0 Å². The summed E-state index contributed by atoms with van der Waals surface area (Å²) in [6.45, 7) is 0. The highest BCUT2D eigenvalue weighted by Gasteiger charge is 2.25. The van der Waals surface area contributed by atoms with Crippen LogP contribution in [-0.4, -0.2) is 28.9 Å². The van der Waals surface area contributed by atoms with E-state index < -0.39 is 17.8 Å². The molecule has 0 unspecified atom stereocenters. The lowest BCUT2D eigenvalue weighted by Gasteiger charge is -2.12. The van der Waals surface area contributed by atoms with Gasteiger partial charge in [-0.2, -0.15) is 5.48 Å². The molecule has 0 saturated heterocycles. The van der Waals surface area contributed by atoms with Gasteiger partial charge in [-0.25, -0.2) is 9.59 Å². The number of aromatic carboxylic acids is 1. The number of hydrogen-bond acceptors (Lipinski definition) is 6. The fourth-order valence-corrected chi connectivity index (χ4v) is 5.50. The number of amides is 2. The number of carbonyl (C=O) groups is 4. The Morgan fingerprint density at radius 2 is 1.32 bits per heavy atom. The summed E-state index contributed by atoms with van der Waals surface area (Å²) >= 11 is 9.38. The third-order valence-electron chi connectivity index (χ3n) is 4.40. The van der Waals surface area contributed by atoms with Gasteiger partial charge < -0.3 is 21.0 Å². The number of benzene rings is 3. The standard InChI is InChI=1S/C22H14Br3N3O6/c23-14-9-15(24)17(18(25)16(14)21(31)32)22(33)34-28-20(30)11-3-7-13(8-4-11)27-19(29)10-1-5-12(26)6-2-10/h1-9H,26H2,(H,27,29)(H,28,30)(H,31,32). The number of carboxylic acid groups (broad SMARTS) is 1. The van der Waals surface area contributed by atoms with Crippen LogP contribution in [0.2, 0.25) is 0 Å². The summed E-state index contributed by atoms with van der Waals surface area (Å²) < 4.78 is 0.460. The number of carboxylic acids is 1. The number of rotatable bonds is 5. The van der Waals surface area contributed by atoms with Crippen LogP contribution in [0.25, 0.3) is 0 Å². The normalized spacial score (nSPS) is 10.3. The molecule has 0 aliphatic carbocycles. The van der Waals surface area contributed by atoms with E-state index in [9.17, 15) is 24.3 Å². The van der Waals surface area contributed by atoms with Crippen LogP contribution in [-0.2, 0) is 4.84 Å². The molecule has 0 aliphatic rings. The van der Waals surface area contributed by atoms with E-state index in [-0.39, 0.29) is 36.0 Å². The molecule has 0 radical (unpaired) electrons. The van der Waals surface area contributed by atoms with E-state index in [4.69, 9.17) is 10.6 Å². The maximum Gasteiger partial charge on any atom is 0.365 e. The van der Waals surface area contributed by atoms with Crippen LogP contribution in [0, 0.1) is 0 Å². The molecule has 2 amide bonds. The van der Waals surface area contributed by atoms with Gasteiger partial charge >= 0.3 is 11.9 Å². The van der Waals surface area contributed by atoms with Crippen molar-refractivity contribution in [2.75, 3.05) is 11.1 Å². The summed E-state index contributed by atoms with van der Waals surface area (Å²) in [7, 11) is 0. The number of hydrogen-bond donors (Lipinski definition) is 4. The monoisotopic (exact) mass is 653 g/mol. The highest BCUT2D eigenvalue weighted by molar-refractivity contribution is 9.11. The van der Waals surface area contributed by atoms with Crippen molar-refractivity contribution in [3.05, 3.63) is 90.3 Å². The van der Waals surface area contributed by atoms with Crippen molar-refractivity contribution in [3.63, 3.8) is 0 Å². The summed E-state index contributed by atoms with van der Waals surface area (Å²) in [6.07, 6.45) is 0. The highest BCUT2D eigenvalue weighted by atomic mass is 79.9. The summed E-state index contributed by atoms with van der Waals surface area (Å²) in [6, 6.07) is 13.6. The van der Waals surface area contributed by atoms with Gasteiger partial charge in [0.25, 0.3) is 11.8 Å². The second kappa shape index (κ2) is 10.8. The molecule has 174 valence electrons. The molecule has 3 aromatic rings. The molecule has 0 bridgehead atoms. The molecule has 0 heterocycles. The van der Waals surface area contributed by atoms with Crippen LogP contribution >= 0.6 is 47.8 Å². The molecule has 5 N–H and O–H groups in total. The molecule has 0 aliphatic heterocycles. The predicted molar refractivity (Wildman–Crippen MR) is 135 cm³/mol. The van der Waals surface area contributed by atoms with Gasteiger partial charge in [0.2, 0.25) is 0 Å². The Hall–Kier alpha value is -3.22. The van der Waals surface area contributed by atoms with E-state index >= 15 is 0 Å². The molecule has 3 rings (SSSR count). The van der Waals surface area contributed by atoms with Gasteiger partial charge in [-0.05, 0) is 102 Å². The lowest BCUT2D eigenvalue weighted by Crippen LogP contribution is -2.27. The third-order valence-corrected chi connectivity index (χ3v) is 6.45. The number of carbonyl (C=O) groups excluding carboxylic acids is 3. The topological polar surface area (TPSA) is 148 Å². The van der Waals surface area contributed by atoms with Crippen LogP contribution in [0.4, 0.5) is 11.4 Å². The molecule has 0 spiro atoms. The predicted octanol–water partition coefficient (Wildman–Crippen LogP) is 5.01. The van der Waals surface area contributed by atoms with E-state index in [1.807, 2.05) is 5.48 Å². The van der Waals surface area contributed by atoms with Crippen molar-refractivity contribution in [2.45, 2.75) is 0 Å². The minimum atomic E-state index is -1.27. The van der Waals surface area contributed by atoms with Crippen LogP contribution < -0.4 is 16.5 Å². The van der Waals surface area contributed by atoms with Gasteiger partial charge in [0.1, 0.15) is 0 Å². The minimum absolute atomic E-state index is 0.0262. The Labute approximate surface area is 218 Å². The third kappa shape index (κ3) is 5.82. The van der Waals surface area contributed by atoms with Crippen molar-refractivity contribution in [1.82, 2.24) is 5.48 Å². The van der Waals surface area contributed by atoms with E-state index in [0.29, 0.717) is 16.9 Å². The maximum atomic E-state index is 12.5. The van der Waals surface area contributed by atoms with E-state index in [1.54, 1.807) is 24.3 Å². The van der Waals surface area contributed by atoms with Crippen LogP contribution in [0.1, 0.15) is 41.4 Å². The van der Waals surface area contributed by atoms with Gasteiger partial charge in [0, 0.05) is 35.9 Å². The number of halogens is 3. The average molecular weight is 656 g/mol. The Balaban J connectivity index is 1.65. The molecule has 3 aromatic carbocycles. The van der Waals surface area contributed by atoms with Gasteiger partial charge in [-0.1, -0.05) is 0 Å². The molecule has 0 aromatic heterocycles. The maximum absolute atomic E-state index is 12.5. The van der Waals surface area contributed by atoms with Gasteiger partial charge in [0.05, 0.1) is 11.1 Å². The van der Waals surface area contributed by atoms with Crippen molar-refractivity contribution >= 4 is 82.9 Å². The highest BCUT2D eigenvalue weighted by Crippen LogP contribution is 2.35. The van der Waals surface area contributed by atoms with E-state index in [2.05, 4.69) is 53.1 Å². The van der Waals surface area contributed by atoms with Crippen LogP contribution in [0.3, 0.4) is 0 Å². The van der Waals surface area contributed by atoms with Gasteiger partial charge in [-0.3, -0.25) is 9.59 Å². The van der Waals surface area contributed by atoms with Crippen molar-refractivity contribution in [1.29, 1.82) is 0 Å². The first-order valence-electron chi connectivity index (χ1n) is 9.27. The summed E-state index contributed by atoms with van der Waals surface area (Å²) in [5, 5.41) is 12.0. The molecule has 0 saturated carbocycles. The second-order valence-electron chi connectivity index (χ2n) is 6.68. The summed E-state index contributed by atoms with van der Waals surface area (Å²) in [5.74, 6) is -3.34. The number of hydroxylamine groups is 1. The number of anilines is 2. The first-order chi connectivity index (χ1) is 16.1. The molecule has 9 nitrogen and oxygen atoms in total. The van der Waals surface area contributed by atoms with E-state index in [1.165, 1.54) is 30.3 Å². The van der Waals surface area contributed by atoms with Crippen LogP contribution in [0.5, 0.6) is 0 Å². The zero-order valence-electron chi connectivity index (χ0n) is 16.9. The SMILES string of the molecule is Nc1ccc(C(=O)Nc2ccc(C(=O)NOC(=O)c3c(Br)cc(Br)c(C(=O)O)c3Br)cc2)cc1. The lowest BCUT2D eigenvalue weighted by atomic mass is 10.1. The smallest absolute Gasteiger partial charge is 0.365 e. The van der Waals surface area contributed by atoms with E-state index in [0.717, 1.165) is 0 Å². The zero-order valence-corrected chi connectivity index (χ0v) is 21.7. The van der Waals surface area contributed by atoms with Crippen LogP contribution in [0.15, 0.2) is 68.0 Å². The molecule has 34 heavy (non-hydrogen) atoms. The first-order valence-corrected chi connectivity index (χ1v) is 11.7. The molecular formula is C22H14Br3N3O6. The number of nitrogen functional groups attached to an aromatic ring is 1. The van der Waals surface area contributed by atoms with Crippen molar-refractivity contribution < 1.29 is 29.1 Å². The molecular weight excluding hydrogens is 642 g/mol. The fraction of sp³-hybridized carbons (Fsp3) is 0. The minimum Gasteiger partial charge on any atom is -0.478 e. The zero-order chi connectivity index (χ0) is 25.0. The van der Waals surface area contributed by atoms with Gasteiger partial charge in [-0.15, -0.1) is 0 Å². The van der Waals surface area contributed by atoms with Gasteiger partial charge in [0.15, 0.2) is 0 Å². The Kier molecular flexibility index (Phi) is 8.07. The number of nitrogens with two attached hydrogens (primary N) is 1. The molecule has 0 atom stereocenters. The molecule has 0 fully saturated rings. The molecule has 12 heteroatoms. The summed E-state index contributed by atoms with van der Waals surface area (Å²) in [5.41, 5.74) is 8.87. The van der Waals surface area contributed by atoms with Crippen molar-refractivity contribution in [3.8, 4) is 0 Å². The average Bonchev–Trinajstić information content (AvgIpc) is 2.77.